The van der Waals surface area contributed by atoms with Gasteiger partial charge in [0.15, 0.2) is 5.69 Å². The monoisotopic (exact) mass is 448 g/mol. The molecule has 0 spiro atoms. The fraction of sp³-hybridized carbons (Fsp3) is 0.143. The molecule has 4 rings (SSSR count). The number of benzene rings is 2. The van der Waals surface area contributed by atoms with Gasteiger partial charge in [0.2, 0.25) is 11.6 Å². The minimum absolute atomic E-state index is 0.0109. The van der Waals surface area contributed by atoms with Gasteiger partial charge in [-0.05, 0) is 41.5 Å². The second kappa shape index (κ2) is 9.60. The van der Waals surface area contributed by atoms with Gasteiger partial charge in [-0.1, -0.05) is 29.5 Å². The number of hydrogen-bond donors (Lipinski definition) is 2. The lowest BCUT2D eigenvalue weighted by Crippen LogP contribution is -2.19. The van der Waals surface area contributed by atoms with Crippen LogP contribution in [0.5, 0.6) is 11.5 Å². The third-order valence-corrected chi connectivity index (χ3v) is 4.51. The first-order valence-electron chi connectivity index (χ1n) is 9.86. The van der Waals surface area contributed by atoms with Crippen LogP contribution in [0, 0.1) is 0 Å². The Balaban J connectivity index is 1.70. The number of amides is 1. The second-order valence-corrected chi connectivity index (χ2v) is 6.57. The van der Waals surface area contributed by atoms with Crippen LogP contribution in [0.4, 0.5) is 5.82 Å². The number of methoxy groups -OCH3 is 1. The predicted molar refractivity (Wildman–Crippen MR) is 118 cm³/mol. The largest absolute Gasteiger partial charge is 0.496 e. The molecule has 3 N–H and O–H groups in total. The number of rotatable bonds is 8. The molecule has 0 saturated carbocycles. The molecular formula is C21H20N8O4. The number of nitrogen functional groups attached to an aromatic ring is 1. The summed E-state index contributed by atoms with van der Waals surface area (Å²) in [6.45, 7) is 2.35. The van der Waals surface area contributed by atoms with Gasteiger partial charge in [0.05, 0.1) is 19.9 Å². The maximum Gasteiger partial charge on any atom is 0.294 e. The quantitative estimate of drug-likeness (QED) is 0.304. The van der Waals surface area contributed by atoms with Gasteiger partial charge in [0.1, 0.15) is 17.2 Å². The molecule has 4 aromatic rings. The summed E-state index contributed by atoms with van der Waals surface area (Å²) in [7, 11) is 1.55. The maximum atomic E-state index is 13.0. The molecule has 2 heterocycles. The van der Waals surface area contributed by atoms with Crippen LogP contribution in [-0.4, -0.2) is 51.1 Å². The van der Waals surface area contributed by atoms with Crippen LogP contribution < -0.4 is 20.6 Å². The molecule has 1 amide bonds. The SMILES string of the molecule is CCOc1cccc(-c2c(C(=O)N/N=C\c3ccccc3OC)nnn2-c2nonc2N)c1. The van der Waals surface area contributed by atoms with Gasteiger partial charge >= 0.3 is 0 Å². The summed E-state index contributed by atoms with van der Waals surface area (Å²) in [5, 5.41) is 19.4. The molecule has 0 aliphatic rings. The molecule has 12 nitrogen and oxygen atoms in total. The number of ether oxygens (including phenoxy) is 2. The summed E-state index contributed by atoms with van der Waals surface area (Å²) < 4.78 is 16.8. The van der Waals surface area contributed by atoms with Crippen molar-refractivity contribution in [1.82, 2.24) is 30.7 Å². The van der Waals surface area contributed by atoms with Crippen molar-refractivity contribution in [3.63, 3.8) is 0 Å². The first kappa shape index (κ1) is 21.5. The summed E-state index contributed by atoms with van der Waals surface area (Å²) >= 11 is 0. The van der Waals surface area contributed by atoms with E-state index in [0.717, 1.165) is 0 Å². The van der Waals surface area contributed by atoms with Crippen LogP contribution in [-0.2, 0) is 0 Å². The number of hydrogen-bond acceptors (Lipinski definition) is 10. The number of carbonyl (C=O) groups is 1. The molecule has 0 aliphatic heterocycles. The molecule has 0 fully saturated rings. The van der Waals surface area contributed by atoms with E-state index in [-0.39, 0.29) is 17.3 Å². The minimum Gasteiger partial charge on any atom is -0.496 e. The Labute approximate surface area is 188 Å². The van der Waals surface area contributed by atoms with Gasteiger partial charge < -0.3 is 15.2 Å². The van der Waals surface area contributed by atoms with Gasteiger partial charge in [-0.15, -0.1) is 5.10 Å². The molecule has 2 aromatic carbocycles. The van der Waals surface area contributed by atoms with Crippen molar-refractivity contribution in [2.75, 3.05) is 19.5 Å². The lowest BCUT2D eigenvalue weighted by Gasteiger charge is -2.08. The summed E-state index contributed by atoms with van der Waals surface area (Å²) in [5.41, 5.74) is 9.88. The summed E-state index contributed by atoms with van der Waals surface area (Å²) in [4.78, 5) is 13.0. The van der Waals surface area contributed by atoms with Crippen molar-refractivity contribution in [1.29, 1.82) is 0 Å². The van der Waals surface area contributed by atoms with Crippen molar-refractivity contribution in [3.8, 4) is 28.6 Å². The molecule has 0 radical (unpaired) electrons. The van der Waals surface area contributed by atoms with Crippen LogP contribution in [0.15, 0.2) is 58.3 Å². The van der Waals surface area contributed by atoms with E-state index in [1.165, 1.54) is 10.9 Å². The highest BCUT2D eigenvalue weighted by atomic mass is 16.6. The first-order chi connectivity index (χ1) is 16.1. The smallest absolute Gasteiger partial charge is 0.294 e. The van der Waals surface area contributed by atoms with Crippen LogP contribution in [0.2, 0.25) is 0 Å². The number of hydrazone groups is 1. The molecular weight excluding hydrogens is 428 g/mol. The average molecular weight is 448 g/mol. The Morgan fingerprint density at radius 1 is 1.24 bits per heavy atom. The molecule has 2 aromatic heterocycles. The van der Waals surface area contributed by atoms with E-state index in [4.69, 9.17) is 15.2 Å². The Morgan fingerprint density at radius 2 is 2.09 bits per heavy atom. The van der Waals surface area contributed by atoms with E-state index >= 15 is 0 Å². The van der Waals surface area contributed by atoms with E-state index in [1.807, 2.05) is 19.1 Å². The zero-order chi connectivity index (χ0) is 23.2. The lowest BCUT2D eigenvalue weighted by molar-refractivity contribution is 0.0950. The van der Waals surface area contributed by atoms with Gasteiger partial charge in [0, 0.05) is 11.1 Å². The molecule has 0 aliphatic carbocycles. The van der Waals surface area contributed by atoms with Crippen molar-refractivity contribution in [2.45, 2.75) is 6.92 Å². The van der Waals surface area contributed by atoms with Gasteiger partial charge in [-0.2, -0.15) is 9.78 Å². The van der Waals surface area contributed by atoms with Crippen molar-refractivity contribution in [2.24, 2.45) is 5.10 Å². The van der Waals surface area contributed by atoms with Crippen molar-refractivity contribution >= 4 is 17.9 Å². The lowest BCUT2D eigenvalue weighted by atomic mass is 10.1. The number of anilines is 1. The van der Waals surface area contributed by atoms with Crippen molar-refractivity contribution in [3.05, 3.63) is 59.8 Å². The van der Waals surface area contributed by atoms with Crippen LogP contribution in [0.25, 0.3) is 17.1 Å². The molecule has 168 valence electrons. The predicted octanol–water partition coefficient (Wildman–Crippen LogP) is 2.07. The Hall–Kier alpha value is -4.74. The number of aromatic nitrogens is 5. The summed E-state index contributed by atoms with van der Waals surface area (Å²) in [6.07, 6.45) is 1.47. The van der Waals surface area contributed by atoms with E-state index in [0.29, 0.717) is 34.9 Å². The highest BCUT2D eigenvalue weighted by Gasteiger charge is 2.25. The fourth-order valence-corrected chi connectivity index (χ4v) is 3.07. The number of carbonyl (C=O) groups excluding carboxylic acids is 1. The highest BCUT2D eigenvalue weighted by molar-refractivity contribution is 5.99. The Morgan fingerprint density at radius 3 is 2.85 bits per heavy atom. The minimum atomic E-state index is -0.598. The van der Waals surface area contributed by atoms with E-state index in [9.17, 15) is 4.79 Å². The Bertz CT molecular complexity index is 1300. The van der Waals surface area contributed by atoms with Gasteiger partial charge in [0.25, 0.3) is 5.91 Å². The molecule has 33 heavy (non-hydrogen) atoms. The maximum absolute atomic E-state index is 13.0. The standard InChI is InChI=1S/C21H20N8O4/c1-3-32-15-9-6-8-13(11-15)18-17(24-28-29(18)20-19(22)26-33-27-20)21(30)25-23-12-14-7-4-5-10-16(14)31-2/h4-12H,3H2,1-2H3,(H2,22,26)(H,25,30)/b23-12-. The van der Waals surface area contributed by atoms with Crippen LogP contribution in [0.1, 0.15) is 23.0 Å². The van der Waals surface area contributed by atoms with Crippen LogP contribution >= 0.6 is 0 Å². The number of para-hydroxylation sites is 1. The van der Waals surface area contributed by atoms with Gasteiger partial charge in [-0.3, -0.25) is 4.79 Å². The zero-order valence-corrected chi connectivity index (χ0v) is 17.8. The molecule has 0 bridgehead atoms. The number of nitrogens with two attached hydrogens (primary N) is 1. The first-order valence-corrected chi connectivity index (χ1v) is 9.86. The Kier molecular flexibility index (Phi) is 6.25. The molecule has 0 unspecified atom stereocenters. The molecule has 12 heteroatoms. The molecule has 0 saturated heterocycles. The van der Waals surface area contributed by atoms with Crippen molar-refractivity contribution < 1.29 is 18.9 Å². The third kappa shape index (κ3) is 4.49. The summed E-state index contributed by atoms with van der Waals surface area (Å²) in [6, 6.07) is 14.4. The van der Waals surface area contributed by atoms with E-state index in [2.05, 4.69) is 35.8 Å². The topological polar surface area (TPSA) is 156 Å². The third-order valence-electron chi connectivity index (χ3n) is 4.51. The second-order valence-electron chi connectivity index (χ2n) is 6.57. The zero-order valence-electron chi connectivity index (χ0n) is 17.8. The van der Waals surface area contributed by atoms with Gasteiger partial charge in [-0.25, -0.2) is 10.1 Å². The summed E-state index contributed by atoms with van der Waals surface area (Å²) in [5.74, 6) is 0.705. The highest BCUT2D eigenvalue weighted by Crippen LogP contribution is 2.29. The number of nitrogens with zero attached hydrogens (tertiary/aromatic N) is 6. The average Bonchev–Trinajstić information content (AvgIpc) is 3.45. The van der Waals surface area contributed by atoms with E-state index < -0.39 is 5.91 Å². The normalized spacial score (nSPS) is 11.0. The van der Waals surface area contributed by atoms with Crippen LogP contribution in [0.3, 0.4) is 0 Å². The molecule has 0 atom stereocenters. The number of nitrogens with one attached hydrogen (secondary N) is 1. The fourth-order valence-electron chi connectivity index (χ4n) is 3.07. The van der Waals surface area contributed by atoms with E-state index in [1.54, 1.807) is 43.5 Å².